The van der Waals surface area contributed by atoms with Crippen LogP contribution in [0.15, 0.2) is 0 Å². The first kappa shape index (κ1) is 22.8. The molecule has 140 valence electrons. The lowest BCUT2D eigenvalue weighted by atomic mass is 10.0. The van der Waals surface area contributed by atoms with Crippen LogP contribution in [0, 0.1) is 0 Å². The van der Waals surface area contributed by atoms with Crippen molar-refractivity contribution in [2.45, 2.75) is 102 Å². The first-order chi connectivity index (χ1) is 10.9. The fourth-order valence-electron chi connectivity index (χ4n) is 2.84. The van der Waals surface area contributed by atoms with Gasteiger partial charge in [-0.3, -0.25) is 4.55 Å². The Labute approximate surface area is 142 Å². The third-order valence-corrected chi connectivity index (χ3v) is 5.66. The minimum atomic E-state index is -4.30. The molecule has 0 aromatic rings. The number of hydrogen-bond donors (Lipinski definition) is 3. The summed E-state index contributed by atoms with van der Waals surface area (Å²) < 4.78 is 31.4. The van der Waals surface area contributed by atoms with Crippen molar-refractivity contribution in [3.05, 3.63) is 0 Å². The molecule has 0 spiro atoms. The van der Waals surface area contributed by atoms with Crippen molar-refractivity contribution >= 4 is 10.1 Å². The summed E-state index contributed by atoms with van der Waals surface area (Å²) in [5, 5.41) is 17.0. The van der Waals surface area contributed by atoms with Crippen molar-refractivity contribution in [2.75, 3.05) is 6.61 Å². The summed E-state index contributed by atoms with van der Waals surface area (Å²) in [5.41, 5.74) is 0. The zero-order valence-electron chi connectivity index (χ0n) is 14.6. The van der Waals surface area contributed by atoms with E-state index in [2.05, 4.69) is 6.92 Å². The quantitative estimate of drug-likeness (QED) is 0.291. The van der Waals surface area contributed by atoms with Crippen LogP contribution in [-0.4, -0.2) is 41.1 Å². The fraction of sp³-hybridized carbons (Fsp3) is 1.00. The molecule has 0 aliphatic carbocycles. The van der Waals surface area contributed by atoms with E-state index in [0.29, 0.717) is 6.42 Å². The molecule has 2 unspecified atom stereocenters. The molecule has 0 heterocycles. The molecule has 0 radical (unpaired) electrons. The Morgan fingerprint density at radius 2 is 1.17 bits per heavy atom. The van der Waals surface area contributed by atoms with Gasteiger partial charge in [-0.05, 0) is 6.42 Å². The molecule has 0 rings (SSSR count). The molecule has 3 N–H and O–H groups in total. The number of hydrogen-bond acceptors (Lipinski definition) is 4. The molecule has 0 saturated carbocycles. The predicted octanol–water partition coefficient (Wildman–Crippen LogP) is 3.69. The van der Waals surface area contributed by atoms with Gasteiger partial charge in [0.05, 0.1) is 12.7 Å². The van der Waals surface area contributed by atoms with E-state index in [4.69, 9.17) is 9.66 Å². The summed E-state index contributed by atoms with van der Waals surface area (Å²) >= 11 is 0. The van der Waals surface area contributed by atoms with Gasteiger partial charge < -0.3 is 10.2 Å². The first-order valence-corrected chi connectivity index (χ1v) is 10.7. The monoisotopic (exact) mass is 352 g/mol. The zero-order valence-corrected chi connectivity index (χ0v) is 15.4. The smallest absolute Gasteiger partial charge is 0.270 e. The van der Waals surface area contributed by atoms with Crippen LogP contribution in [0.2, 0.25) is 0 Å². The van der Waals surface area contributed by atoms with Crippen molar-refractivity contribution in [1.29, 1.82) is 0 Å². The van der Waals surface area contributed by atoms with Crippen LogP contribution in [0.1, 0.15) is 90.4 Å². The minimum Gasteiger partial charge on any atom is -0.394 e. The third-order valence-electron chi connectivity index (χ3n) is 4.34. The lowest BCUT2D eigenvalue weighted by Gasteiger charge is -2.18. The first-order valence-electron chi connectivity index (χ1n) is 9.18. The normalized spacial score (nSPS) is 14.8. The van der Waals surface area contributed by atoms with E-state index in [9.17, 15) is 13.5 Å². The SMILES string of the molecule is CCCCCCCCCCCCCCC(C(O)CO)S(=O)(=O)O. The third kappa shape index (κ3) is 12.9. The van der Waals surface area contributed by atoms with Crippen LogP contribution in [0.4, 0.5) is 0 Å². The van der Waals surface area contributed by atoms with Crippen LogP contribution in [0.5, 0.6) is 0 Å². The van der Waals surface area contributed by atoms with E-state index < -0.39 is 28.1 Å². The molecule has 0 aromatic carbocycles. The Hall–Kier alpha value is -0.170. The number of rotatable bonds is 16. The summed E-state index contributed by atoms with van der Waals surface area (Å²) in [6.45, 7) is 1.57. The molecule has 6 heteroatoms. The van der Waals surface area contributed by atoms with Gasteiger partial charge in [-0.15, -0.1) is 0 Å². The molecule has 0 fully saturated rings. The Morgan fingerprint density at radius 1 is 0.783 bits per heavy atom. The molecule has 0 aliphatic rings. The van der Waals surface area contributed by atoms with E-state index in [1.807, 2.05) is 0 Å². The summed E-state index contributed by atoms with van der Waals surface area (Å²) in [7, 11) is -4.30. The molecule has 23 heavy (non-hydrogen) atoms. The van der Waals surface area contributed by atoms with Gasteiger partial charge in [0, 0.05) is 0 Å². The van der Waals surface area contributed by atoms with Crippen LogP contribution in [0.25, 0.3) is 0 Å². The average molecular weight is 353 g/mol. The lowest BCUT2D eigenvalue weighted by Crippen LogP contribution is -2.36. The van der Waals surface area contributed by atoms with E-state index >= 15 is 0 Å². The van der Waals surface area contributed by atoms with Crippen molar-refractivity contribution in [3.63, 3.8) is 0 Å². The maximum atomic E-state index is 11.1. The Morgan fingerprint density at radius 3 is 1.52 bits per heavy atom. The molecule has 0 saturated heterocycles. The molecular formula is C17H36O5S. The maximum Gasteiger partial charge on any atom is 0.270 e. The topological polar surface area (TPSA) is 94.8 Å². The van der Waals surface area contributed by atoms with Crippen molar-refractivity contribution in [3.8, 4) is 0 Å². The van der Waals surface area contributed by atoms with Gasteiger partial charge in [0.25, 0.3) is 10.1 Å². The van der Waals surface area contributed by atoms with Gasteiger partial charge in [0.1, 0.15) is 5.25 Å². The van der Waals surface area contributed by atoms with Crippen LogP contribution >= 0.6 is 0 Å². The number of aliphatic hydroxyl groups is 2. The van der Waals surface area contributed by atoms with E-state index in [1.165, 1.54) is 51.4 Å². The average Bonchev–Trinajstić information content (AvgIpc) is 2.50. The van der Waals surface area contributed by atoms with Gasteiger partial charge in [-0.2, -0.15) is 8.42 Å². The highest BCUT2D eigenvalue weighted by atomic mass is 32.2. The summed E-state index contributed by atoms with van der Waals surface area (Å²) in [5.74, 6) is 0. The van der Waals surface area contributed by atoms with Crippen LogP contribution in [-0.2, 0) is 10.1 Å². The Balaban J connectivity index is 3.54. The predicted molar refractivity (Wildman–Crippen MR) is 94.1 cm³/mol. The molecule has 2 atom stereocenters. The van der Waals surface area contributed by atoms with Crippen molar-refractivity contribution < 1.29 is 23.2 Å². The van der Waals surface area contributed by atoms with Gasteiger partial charge in [-0.1, -0.05) is 84.0 Å². The van der Waals surface area contributed by atoms with Gasteiger partial charge >= 0.3 is 0 Å². The van der Waals surface area contributed by atoms with E-state index in [1.54, 1.807) is 0 Å². The standard InChI is InChI=1S/C17H36O5S/c1-2-3-4-5-6-7-8-9-10-11-12-13-14-17(16(19)15-18)23(20,21)22/h16-19H,2-15H2,1H3,(H,20,21,22). The summed E-state index contributed by atoms with van der Waals surface area (Å²) in [6.07, 6.45) is 12.9. The molecule has 5 nitrogen and oxygen atoms in total. The lowest BCUT2D eigenvalue weighted by molar-refractivity contribution is 0.0863. The second-order valence-electron chi connectivity index (χ2n) is 6.48. The Bertz CT molecular complexity index is 356. The van der Waals surface area contributed by atoms with Crippen molar-refractivity contribution in [2.24, 2.45) is 0 Å². The fourth-order valence-corrected chi connectivity index (χ4v) is 3.79. The van der Waals surface area contributed by atoms with Gasteiger partial charge in [-0.25, -0.2) is 0 Å². The molecule has 0 bridgehead atoms. The van der Waals surface area contributed by atoms with E-state index in [-0.39, 0.29) is 6.42 Å². The second-order valence-corrected chi connectivity index (χ2v) is 8.12. The number of aliphatic hydroxyl groups excluding tert-OH is 2. The second kappa shape index (κ2) is 14.2. The molecular weight excluding hydrogens is 316 g/mol. The highest BCUT2D eigenvalue weighted by molar-refractivity contribution is 7.86. The van der Waals surface area contributed by atoms with Gasteiger partial charge in [0.15, 0.2) is 0 Å². The Kier molecular flexibility index (Phi) is 14.1. The highest BCUT2D eigenvalue weighted by Crippen LogP contribution is 2.16. The highest BCUT2D eigenvalue weighted by Gasteiger charge is 2.29. The molecule has 0 aromatic heterocycles. The van der Waals surface area contributed by atoms with Crippen LogP contribution < -0.4 is 0 Å². The van der Waals surface area contributed by atoms with Crippen molar-refractivity contribution in [1.82, 2.24) is 0 Å². The molecule has 0 aliphatic heterocycles. The maximum absolute atomic E-state index is 11.1. The number of unbranched alkanes of at least 4 members (excludes halogenated alkanes) is 11. The van der Waals surface area contributed by atoms with E-state index in [0.717, 1.165) is 19.3 Å². The summed E-state index contributed by atoms with van der Waals surface area (Å²) in [6, 6.07) is 0. The molecule has 0 amide bonds. The largest absolute Gasteiger partial charge is 0.394 e. The summed E-state index contributed by atoms with van der Waals surface area (Å²) in [4.78, 5) is 0. The van der Waals surface area contributed by atoms with Crippen LogP contribution in [0.3, 0.4) is 0 Å². The van der Waals surface area contributed by atoms with Gasteiger partial charge in [0.2, 0.25) is 0 Å². The zero-order chi connectivity index (χ0) is 17.6. The minimum absolute atomic E-state index is 0.192.